The van der Waals surface area contributed by atoms with Crippen LogP contribution in [0.4, 0.5) is 13.2 Å². The molecule has 0 unspecified atom stereocenters. The van der Waals surface area contributed by atoms with E-state index in [0.717, 1.165) is 6.07 Å². The van der Waals surface area contributed by atoms with E-state index in [1.165, 1.54) is 5.38 Å². The molecule has 1 amide bonds. The molecule has 0 bridgehead atoms. The smallest absolute Gasteiger partial charge is 0.394 e. The normalized spacial score (nSPS) is 11.5. The zero-order valence-electron chi connectivity index (χ0n) is 7.87. The maximum atomic E-state index is 12.4. The fraction of sp³-hybridized carbons (Fsp3) is 0.375. The van der Waals surface area contributed by atoms with Crippen molar-refractivity contribution in [1.82, 2.24) is 5.48 Å². The predicted molar refractivity (Wildman–Crippen MR) is 49.8 cm³/mol. The van der Waals surface area contributed by atoms with Crippen molar-refractivity contribution in [3.63, 3.8) is 0 Å². The van der Waals surface area contributed by atoms with Gasteiger partial charge in [0.2, 0.25) is 0 Å². The number of aliphatic hydroxyl groups is 1. The molecule has 1 aromatic rings. The second kappa shape index (κ2) is 5.28. The Labute approximate surface area is 92.6 Å². The van der Waals surface area contributed by atoms with Gasteiger partial charge in [-0.3, -0.25) is 9.63 Å². The van der Waals surface area contributed by atoms with Gasteiger partial charge in [-0.25, -0.2) is 5.48 Å². The average molecular weight is 255 g/mol. The SMILES string of the molecule is O=C(NOCCO)c1ccsc1C(F)(F)F. The molecule has 8 heteroatoms. The minimum Gasteiger partial charge on any atom is -0.394 e. The molecule has 16 heavy (non-hydrogen) atoms. The molecular formula is C8H8F3NO3S. The maximum absolute atomic E-state index is 12.4. The Morgan fingerprint density at radius 3 is 2.81 bits per heavy atom. The molecule has 1 aromatic heterocycles. The molecule has 0 saturated heterocycles. The summed E-state index contributed by atoms with van der Waals surface area (Å²) in [6.45, 7) is -0.521. The summed E-state index contributed by atoms with van der Waals surface area (Å²) in [5, 5.41) is 9.51. The Hall–Kier alpha value is -1.12. The number of rotatable bonds is 4. The Balaban J connectivity index is 2.73. The van der Waals surface area contributed by atoms with E-state index in [-0.39, 0.29) is 13.2 Å². The number of halogens is 3. The van der Waals surface area contributed by atoms with Crippen LogP contribution in [0.3, 0.4) is 0 Å². The third-order valence-corrected chi connectivity index (χ3v) is 2.48. The average Bonchev–Trinajstić information content (AvgIpc) is 2.65. The highest BCUT2D eigenvalue weighted by Gasteiger charge is 2.36. The minimum atomic E-state index is -4.56. The summed E-state index contributed by atoms with van der Waals surface area (Å²) in [6.07, 6.45) is -4.56. The van der Waals surface area contributed by atoms with Crippen molar-refractivity contribution in [2.45, 2.75) is 6.18 Å². The van der Waals surface area contributed by atoms with E-state index in [1.54, 1.807) is 5.48 Å². The highest BCUT2D eigenvalue weighted by atomic mass is 32.1. The van der Waals surface area contributed by atoms with Crippen LogP contribution in [0.2, 0.25) is 0 Å². The van der Waals surface area contributed by atoms with E-state index < -0.39 is 22.5 Å². The third kappa shape index (κ3) is 3.19. The van der Waals surface area contributed by atoms with Crippen LogP contribution in [0, 0.1) is 0 Å². The van der Waals surface area contributed by atoms with Crippen molar-refractivity contribution in [2.24, 2.45) is 0 Å². The number of carbonyl (C=O) groups is 1. The van der Waals surface area contributed by atoms with Gasteiger partial charge < -0.3 is 5.11 Å². The van der Waals surface area contributed by atoms with Crippen molar-refractivity contribution in [1.29, 1.82) is 0 Å². The number of carbonyl (C=O) groups excluding carboxylic acids is 1. The van der Waals surface area contributed by atoms with Crippen molar-refractivity contribution in [3.05, 3.63) is 21.9 Å². The molecule has 0 aliphatic rings. The molecular weight excluding hydrogens is 247 g/mol. The van der Waals surface area contributed by atoms with Gasteiger partial charge >= 0.3 is 6.18 Å². The van der Waals surface area contributed by atoms with Crippen molar-refractivity contribution in [3.8, 4) is 0 Å². The minimum absolute atomic E-state index is 0.183. The second-order valence-electron chi connectivity index (χ2n) is 2.66. The van der Waals surface area contributed by atoms with E-state index in [9.17, 15) is 18.0 Å². The first-order valence-corrected chi connectivity index (χ1v) is 5.02. The summed E-state index contributed by atoms with van der Waals surface area (Å²) < 4.78 is 37.1. The summed E-state index contributed by atoms with van der Waals surface area (Å²) in [7, 11) is 0. The first kappa shape index (κ1) is 12.9. The van der Waals surface area contributed by atoms with Crippen molar-refractivity contribution in [2.75, 3.05) is 13.2 Å². The molecule has 1 heterocycles. The Kier molecular flexibility index (Phi) is 4.27. The lowest BCUT2D eigenvalue weighted by Gasteiger charge is -2.07. The number of aliphatic hydroxyl groups excluding tert-OH is 1. The van der Waals surface area contributed by atoms with Crippen molar-refractivity contribution < 1.29 is 27.9 Å². The number of hydrogen-bond donors (Lipinski definition) is 2. The second-order valence-corrected chi connectivity index (χ2v) is 3.58. The van der Waals surface area contributed by atoms with Gasteiger partial charge in [-0.1, -0.05) is 0 Å². The number of hydrogen-bond acceptors (Lipinski definition) is 4. The summed E-state index contributed by atoms with van der Waals surface area (Å²) in [4.78, 5) is 14.7. The van der Waals surface area contributed by atoms with Gasteiger partial charge in [-0.05, 0) is 11.4 Å². The van der Waals surface area contributed by atoms with Crippen LogP contribution >= 0.6 is 11.3 Å². The Bertz CT molecular complexity index is 364. The first-order valence-electron chi connectivity index (χ1n) is 4.14. The van der Waals surface area contributed by atoms with Crippen LogP contribution in [0.5, 0.6) is 0 Å². The predicted octanol–water partition coefficient (Wildman–Crippen LogP) is 1.42. The molecule has 0 aliphatic heterocycles. The van der Waals surface area contributed by atoms with Crippen LogP contribution in [-0.4, -0.2) is 24.2 Å². The molecule has 0 aromatic carbocycles. The molecule has 1 rings (SSSR count). The van der Waals surface area contributed by atoms with Crippen LogP contribution in [0.15, 0.2) is 11.4 Å². The van der Waals surface area contributed by atoms with Crippen LogP contribution in [0.25, 0.3) is 0 Å². The first-order chi connectivity index (χ1) is 7.46. The Morgan fingerprint density at radius 2 is 2.25 bits per heavy atom. The lowest BCUT2D eigenvalue weighted by atomic mass is 10.2. The zero-order valence-corrected chi connectivity index (χ0v) is 8.69. The van der Waals surface area contributed by atoms with Crippen LogP contribution in [-0.2, 0) is 11.0 Å². The molecule has 0 radical (unpaired) electrons. The van der Waals surface area contributed by atoms with Gasteiger partial charge in [0.05, 0.1) is 18.8 Å². The van der Waals surface area contributed by atoms with E-state index in [1.807, 2.05) is 0 Å². The van der Waals surface area contributed by atoms with Crippen LogP contribution in [0.1, 0.15) is 15.2 Å². The quantitative estimate of drug-likeness (QED) is 0.632. The van der Waals surface area contributed by atoms with Gasteiger partial charge in [0.1, 0.15) is 4.88 Å². The lowest BCUT2D eigenvalue weighted by molar-refractivity contribution is -0.134. The topological polar surface area (TPSA) is 58.6 Å². The fourth-order valence-corrected chi connectivity index (χ4v) is 1.69. The van der Waals surface area contributed by atoms with Gasteiger partial charge in [0.15, 0.2) is 0 Å². The number of thiophene rings is 1. The van der Waals surface area contributed by atoms with E-state index in [4.69, 9.17) is 5.11 Å². The highest BCUT2D eigenvalue weighted by molar-refractivity contribution is 7.10. The molecule has 4 nitrogen and oxygen atoms in total. The van der Waals surface area contributed by atoms with E-state index in [0.29, 0.717) is 11.3 Å². The fourth-order valence-electron chi connectivity index (χ4n) is 0.925. The van der Waals surface area contributed by atoms with E-state index >= 15 is 0 Å². The standard InChI is InChI=1S/C8H8F3NO3S/c9-8(10,11)6-5(1-4-16-6)7(14)12-15-3-2-13/h1,4,13H,2-3H2,(H,12,14). The highest BCUT2D eigenvalue weighted by Crippen LogP contribution is 2.35. The number of alkyl halides is 3. The number of nitrogens with one attached hydrogen (secondary N) is 1. The Morgan fingerprint density at radius 1 is 1.56 bits per heavy atom. The number of hydroxylamine groups is 1. The summed E-state index contributed by atoms with van der Waals surface area (Å²) in [5.74, 6) is -0.984. The van der Waals surface area contributed by atoms with Crippen molar-refractivity contribution >= 4 is 17.2 Å². The van der Waals surface area contributed by atoms with Crippen LogP contribution < -0.4 is 5.48 Å². The van der Waals surface area contributed by atoms with Gasteiger partial charge in [0, 0.05) is 0 Å². The molecule has 90 valence electrons. The molecule has 0 fully saturated rings. The van der Waals surface area contributed by atoms with Gasteiger partial charge in [-0.2, -0.15) is 13.2 Å². The maximum Gasteiger partial charge on any atom is 0.426 e. The monoisotopic (exact) mass is 255 g/mol. The summed E-state index contributed by atoms with van der Waals surface area (Å²) in [5.41, 5.74) is 1.32. The van der Waals surface area contributed by atoms with Gasteiger partial charge in [0.25, 0.3) is 5.91 Å². The molecule has 0 atom stereocenters. The van der Waals surface area contributed by atoms with E-state index in [2.05, 4.69) is 4.84 Å². The third-order valence-electron chi connectivity index (χ3n) is 1.53. The zero-order chi connectivity index (χ0) is 12.2. The summed E-state index contributed by atoms with van der Waals surface area (Å²) >= 11 is 0.433. The molecule has 2 N–H and O–H groups in total. The molecule has 0 spiro atoms. The molecule has 0 saturated carbocycles. The molecule has 0 aliphatic carbocycles. The lowest BCUT2D eigenvalue weighted by Crippen LogP contribution is -2.26. The van der Waals surface area contributed by atoms with Gasteiger partial charge in [-0.15, -0.1) is 11.3 Å². The summed E-state index contributed by atoms with van der Waals surface area (Å²) in [6, 6.07) is 1.06. The largest absolute Gasteiger partial charge is 0.426 e. The number of amides is 1.